The number of methoxy groups -OCH3 is 2. The molecule has 2 aromatic rings. The molecule has 0 spiro atoms. The van der Waals surface area contributed by atoms with E-state index in [0.29, 0.717) is 23.6 Å². The van der Waals surface area contributed by atoms with E-state index in [9.17, 15) is 13.2 Å². The molecular formula is C21H28N2O5S. The summed E-state index contributed by atoms with van der Waals surface area (Å²) in [4.78, 5) is 12.3. The lowest BCUT2D eigenvalue weighted by Crippen LogP contribution is -2.32. The van der Waals surface area contributed by atoms with Crippen molar-refractivity contribution in [1.29, 1.82) is 0 Å². The van der Waals surface area contributed by atoms with Gasteiger partial charge in [0.1, 0.15) is 11.5 Å². The molecule has 0 aliphatic rings. The molecule has 2 aromatic carbocycles. The third kappa shape index (κ3) is 6.39. The topological polar surface area (TPSA) is 84.9 Å². The van der Waals surface area contributed by atoms with Crippen LogP contribution in [0.2, 0.25) is 0 Å². The van der Waals surface area contributed by atoms with Crippen LogP contribution in [0.1, 0.15) is 31.4 Å². The lowest BCUT2D eigenvalue weighted by atomic mass is 10.1. The summed E-state index contributed by atoms with van der Waals surface area (Å²) < 4.78 is 36.1. The highest BCUT2D eigenvalue weighted by Gasteiger charge is 2.18. The van der Waals surface area contributed by atoms with E-state index in [0.717, 1.165) is 11.8 Å². The van der Waals surface area contributed by atoms with Crippen LogP contribution in [0.5, 0.6) is 11.5 Å². The molecule has 0 saturated heterocycles. The van der Waals surface area contributed by atoms with Crippen LogP contribution in [0, 0.1) is 0 Å². The van der Waals surface area contributed by atoms with Crippen molar-refractivity contribution in [3.63, 3.8) is 0 Å². The number of ether oxygens (including phenoxy) is 2. The van der Waals surface area contributed by atoms with Gasteiger partial charge in [0.25, 0.3) is 0 Å². The number of hydrogen-bond acceptors (Lipinski definition) is 5. The van der Waals surface area contributed by atoms with Crippen molar-refractivity contribution in [3.05, 3.63) is 54.1 Å². The molecule has 0 bridgehead atoms. The van der Waals surface area contributed by atoms with E-state index >= 15 is 0 Å². The van der Waals surface area contributed by atoms with Crippen molar-refractivity contribution >= 4 is 21.6 Å². The number of carbonyl (C=O) groups excluding carboxylic acids is 1. The van der Waals surface area contributed by atoms with E-state index in [1.807, 2.05) is 31.2 Å². The van der Waals surface area contributed by atoms with Crippen molar-refractivity contribution in [3.8, 4) is 11.5 Å². The molecule has 0 fully saturated rings. The largest absolute Gasteiger partial charge is 0.497 e. The molecule has 8 heteroatoms. The molecule has 158 valence electrons. The molecule has 2 rings (SSSR count). The number of nitrogens with one attached hydrogen (secondary N) is 1. The maximum absolute atomic E-state index is 12.3. The first-order valence-corrected chi connectivity index (χ1v) is 11.1. The van der Waals surface area contributed by atoms with Crippen LogP contribution >= 0.6 is 0 Å². The van der Waals surface area contributed by atoms with Gasteiger partial charge in [0.15, 0.2) is 0 Å². The standard InChI is InChI=1S/C21H28N2O5S/c1-16(19-8-5-6-9-20(19)28-3)22-21(24)10-7-15-23(29(4,25)26)17-11-13-18(27-2)14-12-17/h5-6,8-9,11-14,16H,7,10,15H2,1-4H3,(H,22,24). The van der Waals surface area contributed by atoms with Gasteiger partial charge in [-0.1, -0.05) is 18.2 Å². The minimum Gasteiger partial charge on any atom is -0.497 e. The van der Waals surface area contributed by atoms with Crippen molar-refractivity contribution in [2.75, 3.05) is 31.3 Å². The molecule has 0 aliphatic carbocycles. The summed E-state index contributed by atoms with van der Waals surface area (Å²) in [7, 11) is -0.327. The Morgan fingerprint density at radius 3 is 2.31 bits per heavy atom. The van der Waals surface area contributed by atoms with Crippen molar-refractivity contribution in [2.24, 2.45) is 0 Å². The Balaban J connectivity index is 1.95. The Bertz CT molecular complexity index is 913. The Kier molecular flexibility index (Phi) is 7.90. The SMILES string of the molecule is COc1ccc(N(CCCC(=O)NC(C)c2ccccc2OC)S(C)(=O)=O)cc1. The van der Waals surface area contributed by atoms with Crippen molar-refractivity contribution in [2.45, 2.75) is 25.8 Å². The maximum atomic E-state index is 12.3. The summed E-state index contributed by atoms with van der Waals surface area (Å²) in [6.07, 6.45) is 1.76. The fourth-order valence-corrected chi connectivity index (χ4v) is 4.00. The van der Waals surface area contributed by atoms with Crippen molar-refractivity contribution in [1.82, 2.24) is 5.32 Å². The van der Waals surface area contributed by atoms with Crippen molar-refractivity contribution < 1.29 is 22.7 Å². The third-order valence-corrected chi connectivity index (χ3v) is 5.70. The predicted molar refractivity (Wildman–Crippen MR) is 114 cm³/mol. The lowest BCUT2D eigenvalue weighted by Gasteiger charge is -2.23. The first-order chi connectivity index (χ1) is 13.8. The highest BCUT2D eigenvalue weighted by Crippen LogP contribution is 2.25. The van der Waals surface area contributed by atoms with Gasteiger partial charge in [-0.05, 0) is 43.7 Å². The van der Waals surface area contributed by atoms with Gasteiger partial charge in [-0.3, -0.25) is 9.10 Å². The molecule has 0 aromatic heterocycles. The van der Waals surface area contributed by atoms with Crippen LogP contribution in [0.15, 0.2) is 48.5 Å². The maximum Gasteiger partial charge on any atom is 0.232 e. The van der Waals surface area contributed by atoms with E-state index in [1.54, 1.807) is 38.5 Å². The lowest BCUT2D eigenvalue weighted by molar-refractivity contribution is -0.121. The molecule has 1 N–H and O–H groups in total. The number of carbonyl (C=O) groups is 1. The number of benzene rings is 2. The fourth-order valence-electron chi connectivity index (χ4n) is 3.03. The zero-order valence-electron chi connectivity index (χ0n) is 17.2. The van der Waals surface area contributed by atoms with Gasteiger partial charge < -0.3 is 14.8 Å². The summed E-state index contributed by atoms with van der Waals surface area (Å²) in [6, 6.07) is 14.1. The quantitative estimate of drug-likeness (QED) is 0.638. The molecule has 29 heavy (non-hydrogen) atoms. The Hall–Kier alpha value is -2.74. The van der Waals surface area contributed by atoms with E-state index in [1.165, 1.54) is 4.31 Å². The molecule has 1 amide bonds. The summed E-state index contributed by atoms with van der Waals surface area (Å²) >= 11 is 0. The molecule has 0 heterocycles. The number of rotatable bonds is 10. The Morgan fingerprint density at radius 2 is 1.72 bits per heavy atom. The van der Waals surface area contributed by atoms with E-state index in [4.69, 9.17) is 9.47 Å². The smallest absolute Gasteiger partial charge is 0.232 e. The molecule has 7 nitrogen and oxygen atoms in total. The number of hydrogen-bond donors (Lipinski definition) is 1. The molecule has 0 radical (unpaired) electrons. The zero-order chi connectivity index (χ0) is 21.4. The van der Waals surface area contributed by atoms with Crippen LogP contribution in [0.25, 0.3) is 0 Å². The zero-order valence-corrected chi connectivity index (χ0v) is 18.0. The molecule has 1 unspecified atom stereocenters. The van der Waals surface area contributed by atoms with Crippen LogP contribution in [0.4, 0.5) is 5.69 Å². The molecule has 1 atom stereocenters. The van der Waals surface area contributed by atoms with Gasteiger partial charge in [-0.2, -0.15) is 0 Å². The van der Waals surface area contributed by atoms with Gasteiger partial charge in [-0.15, -0.1) is 0 Å². The minimum atomic E-state index is -3.47. The Morgan fingerprint density at radius 1 is 1.07 bits per heavy atom. The van der Waals surface area contributed by atoms with Gasteiger partial charge in [-0.25, -0.2) is 8.42 Å². The van der Waals surface area contributed by atoms with Crippen LogP contribution in [0.3, 0.4) is 0 Å². The average Bonchev–Trinajstić information content (AvgIpc) is 2.70. The normalized spacial score (nSPS) is 12.1. The fraction of sp³-hybridized carbons (Fsp3) is 0.381. The second-order valence-corrected chi connectivity index (χ2v) is 8.57. The highest BCUT2D eigenvalue weighted by atomic mass is 32.2. The number of para-hydroxylation sites is 1. The Labute approximate surface area is 172 Å². The molecule has 0 aliphatic heterocycles. The summed E-state index contributed by atoms with van der Waals surface area (Å²) in [5, 5.41) is 2.93. The van der Waals surface area contributed by atoms with Gasteiger partial charge >= 0.3 is 0 Å². The number of sulfonamides is 1. The second kappa shape index (κ2) is 10.2. The predicted octanol–water partition coefficient (Wildman–Crippen LogP) is 3.13. The van der Waals surface area contributed by atoms with Crippen LogP contribution in [-0.4, -0.2) is 41.3 Å². The number of amides is 1. The van der Waals surface area contributed by atoms with Gasteiger partial charge in [0.2, 0.25) is 15.9 Å². The number of anilines is 1. The van der Waals surface area contributed by atoms with Gasteiger partial charge in [0.05, 0.1) is 32.2 Å². The van der Waals surface area contributed by atoms with E-state index < -0.39 is 10.0 Å². The van der Waals surface area contributed by atoms with Crippen LogP contribution in [-0.2, 0) is 14.8 Å². The van der Waals surface area contributed by atoms with E-state index in [-0.39, 0.29) is 24.9 Å². The molecule has 0 saturated carbocycles. The summed E-state index contributed by atoms with van der Waals surface area (Å²) in [5.74, 6) is 1.21. The summed E-state index contributed by atoms with van der Waals surface area (Å²) in [5.41, 5.74) is 1.43. The van der Waals surface area contributed by atoms with Crippen LogP contribution < -0.4 is 19.1 Å². The first-order valence-electron chi connectivity index (χ1n) is 9.30. The minimum absolute atomic E-state index is 0.147. The van der Waals surface area contributed by atoms with Gasteiger partial charge in [0, 0.05) is 18.5 Å². The monoisotopic (exact) mass is 420 g/mol. The first kappa shape index (κ1) is 22.5. The summed E-state index contributed by atoms with van der Waals surface area (Å²) in [6.45, 7) is 2.09. The number of nitrogens with zero attached hydrogens (tertiary/aromatic N) is 1. The highest BCUT2D eigenvalue weighted by molar-refractivity contribution is 7.92. The average molecular weight is 421 g/mol. The third-order valence-electron chi connectivity index (χ3n) is 4.51. The second-order valence-electron chi connectivity index (χ2n) is 6.67. The molecular weight excluding hydrogens is 392 g/mol. The van der Waals surface area contributed by atoms with E-state index in [2.05, 4.69) is 5.32 Å².